The van der Waals surface area contributed by atoms with Gasteiger partial charge in [0.25, 0.3) is 0 Å². The van der Waals surface area contributed by atoms with Crippen LogP contribution < -0.4 is 4.90 Å². The lowest BCUT2D eigenvalue weighted by Gasteiger charge is -2.29. The molecule has 0 saturated carbocycles. The molecule has 5 heteroatoms. The molecule has 3 aromatic heterocycles. The highest BCUT2D eigenvalue weighted by molar-refractivity contribution is 6.42. The third-order valence-corrected chi connectivity index (χ3v) is 17.0. The van der Waals surface area contributed by atoms with Crippen molar-refractivity contribution in [3.8, 4) is 17.1 Å². The molecule has 5 nitrogen and oxygen atoms in total. The number of aromatic nitrogens is 3. The fourth-order valence-corrected chi connectivity index (χ4v) is 13.4. The van der Waals surface area contributed by atoms with E-state index in [9.17, 15) is 0 Å². The Morgan fingerprint density at radius 3 is 1.55 bits per heavy atom. The van der Waals surface area contributed by atoms with Crippen LogP contribution in [-0.4, -0.2) is 19.4 Å². The second kappa shape index (κ2) is 18.7. The standard InChI is InChI=1S/C77H53N5/c1-49-22-6-4-7-23-52-40-41-56(80-68-35-15-10-28-61(68)62-29-11-16-36-69(62)80)47-73(52)79(49)58-44-55(51(3)78-77(54-24-8-5-9-25-54)75-50(2)60-33-20-26-53-27-21-34-67(75)76(53)60)45-59(46-58)82-72-39-19-14-32-65(72)66-43-42-57(48-74(66)82)81-70-37-17-12-30-63(70)64-31-13-18-38-71(64)81/h4-22,24-48H,1,3,23H2,2H3/b7-4-,22-6-,78-77?. The maximum atomic E-state index is 5.76. The predicted molar refractivity (Wildman–Crippen MR) is 348 cm³/mol. The van der Waals surface area contributed by atoms with E-state index in [0.717, 1.165) is 90.4 Å². The van der Waals surface area contributed by atoms with Crippen LogP contribution in [0.3, 0.4) is 0 Å². The van der Waals surface area contributed by atoms with Gasteiger partial charge in [0.2, 0.25) is 0 Å². The zero-order valence-corrected chi connectivity index (χ0v) is 45.3. The highest BCUT2D eigenvalue weighted by Crippen LogP contribution is 2.46. The van der Waals surface area contributed by atoms with Gasteiger partial charge in [-0.25, -0.2) is 4.99 Å². The molecule has 0 atom stereocenters. The number of para-hydroxylation sites is 5. The normalized spacial score (nSPS) is 14.4. The molecule has 0 unspecified atom stereocenters. The number of nitrogens with zero attached hydrogens (tertiary/aromatic N) is 5. The van der Waals surface area contributed by atoms with Gasteiger partial charge < -0.3 is 18.6 Å². The van der Waals surface area contributed by atoms with Crippen LogP contribution in [-0.2, 0) is 6.42 Å². The topological polar surface area (TPSA) is 30.4 Å². The molecule has 4 heterocycles. The molecule has 0 fully saturated rings. The summed E-state index contributed by atoms with van der Waals surface area (Å²) < 4.78 is 7.25. The van der Waals surface area contributed by atoms with E-state index in [-0.39, 0.29) is 0 Å². The van der Waals surface area contributed by atoms with Crippen LogP contribution in [0.15, 0.2) is 291 Å². The van der Waals surface area contributed by atoms with Gasteiger partial charge in [0, 0.05) is 77.5 Å². The largest absolute Gasteiger partial charge is 0.311 e. The third kappa shape index (κ3) is 7.30. The van der Waals surface area contributed by atoms with E-state index in [0.29, 0.717) is 5.70 Å². The van der Waals surface area contributed by atoms with E-state index in [1.807, 2.05) is 0 Å². The minimum Gasteiger partial charge on any atom is -0.311 e. The molecule has 0 N–H and O–H groups in total. The van der Waals surface area contributed by atoms with Crippen molar-refractivity contribution < 1.29 is 0 Å². The molecule has 82 heavy (non-hydrogen) atoms. The van der Waals surface area contributed by atoms with Gasteiger partial charge in [-0.05, 0) is 125 Å². The average Bonchev–Trinajstić information content (AvgIpc) is 4.44. The van der Waals surface area contributed by atoms with Crippen molar-refractivity contribution in [1.29, 1.82) is 0 Å². The molecule has 0 amide bonds. The van der Waals surface area contributed by atoms with Crippen molar-refractivity contribution in [2.24, 2.45) is 4.99 Å². The van der Waals surface area contributed by atoms with Crippen LogP contribution in [0.2, 0.25) is 0 Å². The number of benzene rings is 11. The summed E-state index contributed by atoms with van der Waals surface area (Å²) in [5.41, 5.74) is 22.1. The molecule has 1 aliphatic heterocycles. The summed E-state index contributed by atoms with van der Waals surface area (Å²) in [7, 11) is 0. The van der Waals surface area contributed by atoms with Crippen LogP contribution in [0.25, 0.3) is 110 Å². The molecule has 16 rings (SSSR count). The smallest absolute Gasteiger partial charge is 0.0790 e. The van der Waals surface area contributed by atoms with Gasteiger partial charge in [-0.1, -0.05) is 201 Å². The van der Waals surface area contributed by atoms with E-state index in [1.54, 1.807) is 0 Å². The van der Waals surface area contributed by atoms with Crippen LogP contribution in [0.4, 0.5) is 11.4 Å². The zero-order chi connectivity index (χ0) is 54.6. The second-order valence-electron chi connectivity index (χ2n) is 21.6. The zero-order valence-electron chi connectivity index (χ0n) is 45.3. The molecule has 0 radical (unpaired) electrons. The Bertz CT molecular complexity index is 5070. The number of fused-ring (bicyclic) bond motifs is 10. The van der Waals surface area contributed by atoms with E-state index in [4.69, 9.17) is 18.2 Å². The quantitative estimate of drug-likeness (QED) is 0.140. The lowest BCUT2D eigenvalue weighted by atomic mass is 9.94. The summed E-state index contributed by atoms with van der Waals surface area (Å²) in [5, 5.41) is 9.70. The van der Waals surface area contributed by atoms with Crippen LogP contribution >= 0.6 is 0 Å². The molecule has 11 aromatic carbocycles. The summed E-state index contributed by atoms with van der Waals surface area (Å²) in [6, 6.07) is 88.3. The Hall–Kier alpha value is -10.8. The Labute approximate surface area is 475 Å². The SMILES string of the molecule is C=C(N=C(C1=C(C)c2cccc3cccc1c23)c1ccccc1)c1cc(N2C(=C)/C=C\C=C/Cc3ccc(-n4c5ccccc5c5ccccc54)cc32)cc(-n2c3ccccc3c3ccc(-n4c5ccccc5c5ccccc54)cc32)c1. The lowest BCUT2D eigenvalue weighted by molar-refractivity contribution is 1.11. The van der Waals surface area contributed by atoms with E-state index < -0.39 is 0 Å². The van der Waals surface area contributed by atoms with Gasteiger partial charge >= 0.3 is 0 Å². The van der Waals surface area contributed by atoms with Gasteiger partial charge in [-0.2, -0.15) is 0 Å². The highest BCUT2D eigenvalue weighted by Gasteiger charge is 2.28. The van der Waals surface area contributed by atoms with Crippen LogP contribution in [0.5, 0.6) is 0 Å². The molecule has 2 aliphatic rings. The first-order chi connectivity index (χ1) is 40.4. The van der Waals surface area contributed by atoms with Gasteiger partial charge in [-0.3, -0.25) is 0 Å². The summed E-state index contributed by atoms with van der Waals surface area (Å²) >= 11 is 0. The fourth-order valence-electron chi connectivity index (χ4n) is 13.4. The monoisotopic (exact) mass is 1050 g/mol. The first-order valence-electron chi connectivity index (χ1n) is 28.1. The maximum Gasteiger partial charge on any atom is 0.0790 e. The number of allylic oxidation sites excluding steroid dienone is 6. The maximum absolute atomic E-state index is 5.76. The Balaban J connectivity index is 0.962. The molecule has 1 aliphatic carbocycles. The van der Waals surface area contributed by atoms with E-state index >= 15 is 0 Å². The predicted octanol–water partition coefficient (Wildman–Crippen LogP) is 19.9. The van der Waals surface area contributed by atoms with Crippen molar-refractivity contribution in [2.45, 2.75) is 13.3 Å². The van der Waals surface area contributed by atoms with Crippen molar-refractivity contribution in [1.82, 2.24) is 13.7 Å². The van der Waals surface area contributed by atoms with E-state index in [1.165, 1.54) is 71.0 Å². The Morgan fingerprint density at radius 1 is 0.427 bits per heavy atom. The number of hydrogen-bond acceptors (Lipinski definition) is 2. The van der Waals surface area contributed by atoms with Crippen molar-refractivity contribution in [2.75, 3.05) is 4.90 Å². The van der Waals surface area contributed by atoms with Crippen molar-refractivity contribution >= 4 is 110 Å². The Kier molecular flexibility index (Phi) is 10.8. The number of hydrogen-bond donors (Lipinski definition) is 0. The fraction of sp³-hybridized carbons (Fsp3) is 0.0260. The Morgan fingerprint density at radius 2 is 0.939 bits per heavy atom. The molecule has 14 aromatic rings. The van der Waals surface area contributed by atoms with E-state index in [2.05, 4.69) is 292 Å². The van der Waals surface area contributed by atoms with Gasteiger partial charge in [0.15, 0.2) is 0 Å². The lowest BCUT2D eigenvalue weighted by Crippen LogP contribution is -2.17. The van der Waals surface area contributed by atoms with Crippen LogP contribution in [0.1, 0.15) is 34.7 Å². The summed E-state index contributed by atoms with van der Waals surface area (Å²) in [5.74, 6) is 0. The first-order valence-corrected chi connectivity index (χ1v) is 28.1. The second-order valence-corrected chi connectivity index (χ2v) is 21.6. The summed E-state index contributed by atoms with van der Waals surface area (Å²) in [4.78, 5) is 8.10. The molecule has 0 spiro atoms. The first kappa shape index (κ1) is 47.3. The van der Waals surface area contributed by atoms with Crippen molar-refractivity contribution in [3.05, 3.63) is 314 Å². The summed E-state index contributed by atoms with van der Waals surface area (Å²) in [6.45, 7) is 12.1. The molecule has 0 bridgehead atoms. The molecule has 386 valence electrons. The minimum absolute atomic E-state index is 0.642. The van der Waals surface area contributed by atoms with Crippen molar-refractivity contribution in [3.63, 3.8) is 0 Å². The third-order valence-electron chi connectivity index (χ3n) is 17.0. The van der Waals surface area contributed by atoms with Gasteiger partial charge in [0.1, 0.15) is 0 Å². The van der Waals surface area contributed by atoms with Crippen LogP contribution in [0, 0.1) is 0 Å². The molecular weight excluding hydrogens is 995 g/mol. The number of rotatable bonds is 8. The highest BCUT2D eigenvalue weighted by atomic mass is 15.2. The molecule has 0 saturated heterocycles. The average molecular weight is 1050 g/mol. The van der Waals surface area contributed by atoms with Gasteiger partial charge in [-0.15, -0.1) is 0 Å². The summed E-state index contributed by atoms with van der Waals surface area (Å²) in [6.07, 6.45) is 9.32. The number of aliphatic imine (C=N–C) groups is 1. The number of anilines is 2. The van der Waals surface area contributed by atoms with Gasteiger partial charge in [0.05, 0.1) is 50.2 Å². The minimum atomic E-state index is 0.642. The molecular formula is C77H53N5.